The highest BCUT2D eigenvalue weighted by Gasteiger charge is 2.36. The van der Waals surface area contributed by atoms with E-state index in [4.69, 9.17) is 9.26 Å². The third kappa shape index (κ3) is 4.91. The first kappa shape index (κ1) is 24.8. The SMILES string of the molecule is CCCOC(=O)c1sc(C(=O)N2CCC(Nc3nccc4ccc(-c5noc(C)n5)cc34)[C@@H]2C)nc1C. The number of ether oxygens (including phenoxy) is 1. The van der Waals surface area contributed by atoms with Crippen molar-refractivity contribution in [2.45, 2.75) is 52.6 Å². The number of thiazole rings is 1. The molecule has 4 aromatic rings. The zero-order chi connectivity index (χ0) is 26.1. The quantitative estimate of drug-likeness (QED) is 0.347. The molecule has 10 nitrogen and oxygen atoms in total. The summed E-state index contributed by atoms with van der Waals surface area (Å²) in [7, 11) is 0. The second kappa shape index (κ2) is 10.3. The summed E-state index contributed by atoms with van der Waals surface area (Å²) in [5.74, 6) is 1.15. The maximum atomic E-state index is 13.3. The molecule has 192 valence electrons. The minimum Gasteiger partial charge on any atom is -0.461 e. The van der Waals surface area contributed by atoms with Gasteiger partial charge in [-0.05, 0) is 44.2 Å². The van der Waals surface area contributed by atoms with Crippen LogP contribution in [0, 0.1) is 13.8 Å². The monoisotopic (exact) mass is 520 g/mol. The Kier molecular flexibility index (Phi) is 6.88. The van der Waals surface area contributed by atoms with Crippen LogP contribution in [0.2, 0.25) is 0 Å². The van der Waals surface area contributed by atoms with Crippen LogP contribution < -0.4 is 5.32 Å². The van der Waals surface area contributed by atoms with E-state index in [0.29, 0.717) is 40.4 Å². The second-order valence-corrected chi connectivity index (χ2v) is 10.1. The second-order valence-electron chi connectivity index (χ2n) is 9.08. The lowest BCUT2D eigenvalue weighted by Gasteiger charge is -2.25. The molecule has 1 aliphatic heterocycles. The summed E-state index contributed by atoms with van der Waals surface area (Å²) in [6.07, 6.45) is 3.26. The van der Waals surface area contributed by atoms with E-state index in [9.17, 15) is 9.59 Å². The number of aryl methyl sites for hydroxylation is 2. The molecule has 11 heteroatoms. The number of carbonyl (C=O) groups excluding carboxylic acids is 2. The van der Waals surface area contributed by atoms with Crippen molar-refractivity contribution in [1.82, 2.24) is 25.0 Å². The average molecular weight is 521 g/mol. The zero-order valence-corrected chi connectivity index (χ0v) is 22.0. The molecular formula is C26H28N6O4S. The first-order valence-electron chi connectivity index (χ1n) is 12.3. The van der Waals surface area contributed by atoms with Gasteiger partial charge in [0, 0.05) is 42.7 Å². The lowest BCUT2D eigenvalue weighted by molar-refractivity contribution is 0.0509. The molecule has 0 bridgehead atoms. The van der Waals surface area contributed by atoms with Gasteiger partial charge in [0.1, 0.15) is 10.7 Å². The molecule has 2 atom stereocenters. The number of anilines is 1. The van der Waals surface area contributed by atoms with Crippen LogP contribution in [0.4, 0.5) is 5.82 Å². The predicted molar refractivity (Wildman–Crippen MR) is 140 cm³/mol. The van der Waals surface area contributed by atoms with Crippen molar-refractivity contribution in [2.75, 3.05) is 18.5 Å². The summed E-state index contributed by atoms with van der Waals surface area (Å²) in [6.45, 7) is 8.34. The standard InChI is InChI=1S/C26H28N6O4S/c1-5-12-35-26(34)21-14(2)28-24(37-21)25(33)32-11-9-20(15(32)3)30-23-19-13-18(22-29-16(4)36-31-22)7-6-17(19)8-10-27-23/h6-8,10,13,15,20H,5,9,11-12H2,1-4H3,(H,27,30)/t15-,20?/m0/s1. The van der Waals surface area contributed by atoms with Crippen LogP contribution in [0.25, 0.3) is 22.2 Å². The summed E-state index contributed by atoms with van der Waals surface area (Å²) in [5.41, 5.74) is 1.35. The van der Waals surface area contributed by atoms with Crippen molar-refractivity contribution in [3.63, 3.8) is 0 Å². The summed E-state index contributed by atoms with van der Waals surface area (Å²) in [4.78, 5) is 41.1. The van der Waals surface area contributed by atoms with E-state index in [0.717, 1.165) is 46.3 Å². The van der Waals surface area contributed by atoms with Crippen molar-refractivity contribution >= 4 is 39.8 Å². The van der Waals surface area contributed by atoms with Gasteiger partial charge < -0.3 is 19.5 Å². The largest absolute Gasteiger partial charge is 0.461 e. The van der Waals surface area contributed by atoms with Gasteiger partial charge in [0.2, 0.25) is 11.7 Å². The van der Waals surface area contributed by atoms with Crippen LogP contribution in [-0.2, 0) is 4.74 Å². The minimum absolute atomic E-state index is 0.00632. The molecule has 3 aromatic heterocycles. The molecule has 37 heavy (non-hydrogen) atoms. The van der Waals surface area contributed by atoms with Crippen molar-refractivity contribution in [3.8, 4) is 11.4 Å². The van der Waals surface area contributed by atoms with E-state index in [1.165, 1.54) is 0 Å². The molecule has 0 radical (unpaired) electrons. The van der Waals surface area contributed by atoms with E-state index in [2.05, 4.69) is 25.4 Å². The number of esters is 1. The fraction of sp³-hybridized carbons (Fsp3) is 0.385. The Morgan fingerprint density at radius 3 is 2.84 bits per heavy atom. The summed E-state index contributed by atoms with van der Waals surface area (Å²) < 4.78 is 10.4. The van der Waals surface area contributed by atoms with Gasteiger partial charge in [0.25, 0.3) is 5.91 Å². The number of hydrogen-bond acceptors (Lipinski definition) is 10. The number of likely N-dealkylation sites (tertiary alicyclic amines) is 1. The Labute approximate surface area is 218 Å². The molecule has 4 heterocycles. The molecule has 1 unspecified atom stereocenters. The molecule has 1 fully saturated rings. The maximum Gasteiger partial charge on any atom is 0.350 e. The van der Waals surface area contributed by atoms with Gasteiger partial charge in [0.05, 0.1) is 12.3 Å². The smallest absolute Gasteiger partial charge is 0.350 e. The van der Waals surface area contributed by atoms with E-state index < -0.39 is 5.97 Å². The van der Waals surface area contributed by atoms with Gasteiger partial charge in [-0.1, -0.05) is 24.2 Å². The highest BCUT2D eigenvalue weighted by molar-refractivity contribution is 7.15. The van der Waals surface area contributed by atoms with Crippen molar-refractivity contribution in [1.29, 1.82) is 0 Å². The van der Waals surface area contributed by atoms with Crippen molar-refractivity contribution in [3.05, 3.63) is 51.9 Å². The molecule has 1 saturated heterocycles. The van der Waals surface area contributed by atoms with E-state index in [1.807, 2.05) is 38.1 Å². The van der Waals surface area contributed by atoms with Crippen LogP contribution in [0.15, 0.2) is 35.0 Å². The third-order valence-electron chi connectivity index (χ3n) is 6.49. The topological polar surface area (TPSA) is 123 Å². The van der Waals surface area contributed by atoms with Crippen LogP contribution in [0.1, 0.15) is 57.7 Å². The van der Waals surface area contributed by atoms with Crippen LogP contribution in [-0.4, -0.2) is 62.1 Å². The number of nitrogens with one attached hydrogen (secondary N) is 1. The molecule has 0 aliphatic carbocycles. The fourth-order valence-electron chi connectivity index (χ4n) is 4.49. The summed E-state index contributed by atoms with van der Waals surface area (Å²) in [6, 6.07) is 7.80. The van der Waals surface area contributed by atoms with Crippen LogP contribution in [0.5, 0.6) is 0 Å². The van der Waals surface area contributed by atoms with Gasteiger partial charge >= 0.3 is 5.97 Å². The number of amides is 1. The molecule has 0 saturated carbocycles. The Morgan fingerprint density at radius 1 is 1.24 bits per heavy atom. The molecule has 1 aromatic carbocycles. The Balaban J connectivity index is 1.34. The highest BCUT2D eigenvalue weighted by Crippen LogP contribution is 2.30. The average Bonchev–Trinajstić information content (AvgIpc) is 3.61. The van der Waals surface area contributed by atoms with Gasteiger partial charge in [0.15, 0.2) is 5.01 Å². The van der Waals surface area contributed by atoms with E-state index in [-0.39, 0.29) is 18.0 Å². The lowest BCUT2D eigenvalue weighted by Crippen LogP contribution is -2.40. The van der Waals surface area contributed by atoms with Gasteiger partial charge in [-0.25, -0.2) is 14.8 Å². The van der Waals surface area contributed by atoms with Gasteiger partial charge in [-0.3, -0.25) is 4.79 Å². The number of carbonyl (C=O) groups is 2. The van der Waals surface area contributed by atoms with Gasteiger partial charge in [-0.15, -0.1) is 11.3 Å². The number of rotatable bonds is 7. The molecule has 0 spiro atoms. The van der Waals surface area contributed by atoms with Crippen molar-refractivity contribution in [2.24, 2.45) is 0 Å². The number of benzene rings is 1. The van der Waals surface area contributed by atoms with E-state index >= 15 is 0 Å². The Hall–Kier alpha value is -3.86. The summed E-state index contributed by atoms with van der Waals surface area (Å²) >= 11 is 1.09. The van der Waals surface area contributed by atoms with E-state index in [1.54, 1.807) is 24.9 Å². The Morgan fingerprint density at radius 2 is 2.08 bits per heavy atom. The molecule has 1 amide bonds. The first-order chi connectivity index (χ1) is 17.9. The zero-order valence-electron chi connectivity index (χ0n) is 21.1. The molecule has 1 N–H and O–H groups in total. The van der Waals surface area contributed by atoms with Gasteiger partial charge in [-0.2, -0.15) is 4.98 Å². The van der Waals surface area contributed by atoms with Crippen LogP contribution >= 0.6 is 11.3 Å². The summed E-state index contributed by atoms with van der Waals surface area (Å²) in [5, 5.41) is 9.84. The molecule has 5 rings (SSSR count). The maximum absolute atomic E-state index is 13.3. The minimum atomic E-state index is -0.428. The molecule has 1 aliphatic rings. The third-order valence-corrected chi connectivity index (χ3v) is 7.62. The normalized spacial score (nSPS) is 17.4. The Bertz CT molecular complexity index is 1460. The number of aromatic nitrogens is 4. The lowest BCUT2D eigenvalue weighted by atomic mass is 10.1. The first-order valence-corrected chi connectivity index (χ1v) is 13.1. The highest BCUT2D eigenvalue weighted by atomic mass is 32.1. The number of fused-ring (bicyclic) bond motifs is 1. The number of hydrogen-bond donors (Lipinski definition) is 1. The van der Waals surface area contributed by atoms with Crippen LogP contribution in [0.3, 0.4) is 0 Å². The number of nitrogens with zero attached hydrogens (tertiary/aromatic N) is 5. The molecular weight excluding hydrogens is 492 g/mol. The predicted octanol–water partition coefficient (Wildman–Crippen LogP) is 4.64. The number of pyridine rings is 1. The fourth-order valence-corrected chi connectivity index (χ4v) is 5.41. The van der Waals surface area contributed by atoms with Crippen molar-refractivity contribution < 1.29 is 18.8 Å².